The summed E-state index contributed by atoms with van der Waals surface area (Å²) in [6.07, 6.45) is 5.34. The van der Waals surface area contributed by atoms with E-state index in [9.17, 15) is 9.59 Å². The Bertz CT molecular complexity index is 351. The van der Waals surface area contributed by atoms with E-state index in [2.05, 4.69) is 6.58 Å². The number of rotatable bonds is 6. The second kappa shape index (κ2) is 6.83. The fourth-order valence-corrected chi connectivity index (χ4v) is 2.03. The maximum atomic E-state index is 11.8. The molecular weight excluding hydrogens is 234 g/mol. The monoisotopic (exact) mass is 253 g/mol. The Hall–Kier alpha value is -1.78. The Morgan fingerprint density at radius 2 is 2.39 bits per heavy atom. The summed E-state index contributed by atoms with van der Waals surface area (Å²) in [6.45, 7) is 6.32. The first-order chi connectivity index (χ1) is 8.65. The lowest BCUT2D eigenvalue weighted by atomic mass is 9.94. The molecule has 0 saturated carbocycles. The smallest absolute Gasteiger partial charge is 0.410 e. The molecule has 0 N–H and O–H groups in total. The van der Waals surface area contributed by atoms with Gasteiger partial charge in [0.05, 0.1) is 25.6 Å². The minimum atomic E-state index is -0.450. The topological polar surface area (TPSA) is 55.8 Å². The number of nitrogens with zero attached hydrogens (tertiary/aromatic N) is 1. The molecule has 100 valence electrons. The number of hydrogen-bond acceptors (Lipinski definition) is 4. The number of carbonyl (C=O) groups is 2. The summed E-state index contributed by atoms with van der Waals surface area (Å²) in [5.41, 5.74) is 0. The predicted molar refractivity (Wildman–Crippen MR) is 67.0 cm³/mol. The number of cyclic esters (lactones) is 1. The maximum Gasteiger partial charge on any atom is 0.410 e. The molecule has 1 amide bonds. The molecule has 1 aliphatic rings. The molecule has 5 nitrogen and oxygen atoms in total. The molecular formula is C13H19NO4. The summed E-state index contributed by atoms with van der Waals surface area (Å²) in [5, 5.41) is 0. The van der Waals surface area contributed by atoms with Crippen molar-refractivity contribution in [2.75, 3.05) is 20.3 Å². The fourth-order valence-electron chi connectivity index (χ4n) is 2.03. The molecule has 0 radical (unpaired) electrons. The molecule has 0 aromatic rings. The van der Waals surface area contributed by atoms with E-state index in [1.807, 2.05) is 19.1 Å². The van der Waals surface area contributed by atoms with Crippen LogP contribution in [-0.4, -0.2) is 43.3 Å². The average molecular weight is 253 g/mol. The van der Waals surface area contributed by atoms with E-state index in [1.54, 1.807) is 11.0 Å². The first-order valence-corrected chi connectivity index (χ1v) is 5.90. The Kier molecular flexibility index (Phi) is 5.42. The van der Waals surface area contributed by atoms with E-state index >= 15 is 0 Å². The van der Waals surface area contributed by atoms with E-state index in [1.165, 1.54) is 7.11 Å². The Morgan fingerprint density at radius 3 is 2.83 bits per heavy atom. The van der Waals surface area contributed by atoms with Crippen molar-refractivity contribution in [1.82, 2.24) is 4.90 Å². The van der Waals surface area contributed by atoms with Crippen LogP contribution in [-0.2, 0) is 14.3 Å². The van der Waals surface area contributed by atoms with Gasteiger partial charge in [0, 0.05) is 0 Å². The van der Waals surface area contributed by atoms with Gasteiger partial charge in [0.15, 0.2) is 0 Å². The molecule has 1 rings (SSSR count). The molecule has 0 aliphatic carbocycles. The second-order valence-electron chi connectivity index (χ2n) is 3.98. The van der Waals surface area contributed by atoms with Crippen LogP contribution in [0.5, 0.6) is 0 Å². The van der Waals surface area contributed by atoms with Crippen molar-refractivity contribution < 1.29 is 19.1 Å². The number of methoxy groups -OCH3 is 1. The number of amides is 1. The van der Waals surface area contributed by atoms with Gasteiger partial charge in [-0.25, -0.2) is 4.79 Å². The molecule has 18 heavy (non-hydrogen) atoms. The summed E-state index contributed by atoms with van der Waals surface area (Å²) in [4.78, 5) is 24.9. The van der Waals surface area contributed by atoms with Crippen LogP contribution >= 0.6 is 0 Å². The van der Waals surface area contributed by atoms with Gasteiger partial charge >= 0.3 is 12.1 Å². The number of ether oxygens (including phenoxy) is 2. The van der Waals surface area contributed by atoms with Crippen molar-refractivity contribution in [1.29, 1.82) is 0 Å². The third kappa shape index (κ3) is 3.12. The van der Waals surface area contributed by atoms with E-state index < -0.39 is 12.0 Å². The quantitative estimate of drug-likeness (QED) is 0.534. The third-order valence-electron chi connectivity index (χ3n) is 2.88. The summed E-state index contributed by atoms with van der Waals surface area (Å²) in [5.74, 6) is -0.799. The zero-order valence-electron chi connectivity index (χ0n) is 10.8. The van der Waals surface area contributed by atoms with Gasteiger partial charge in [-0.2, -0.15) is 0 Å². The van der Waals surface area contributed by atoms with Crippen molar-refractivity contribution in [2.24, 2.45) is 5.92 Å². The van der Waals surface area contributed by atoms with Crippen LogP contribution in [0.3, 0.4) is 0 Å². The highest BCUT2D eigenvalue weighted by Crippen LogP contribution is 2.22. The fraction of sp³-hybridized carbons (Fsp3) is 0.538. The van der Waals surface area contributed by atoms with Crippen LogP contribution in [0.1, 0.15) is 13.3 Å². The summed E-state index contributed by atoms with van der Waals surface area (Å²) >= 11 is 0. The van der Waals surface area contributed by atoms with Gasteiger partial charge in [0.1, 0.15) is 6.61 Å². The molecule has 1 aliphatic heterocycles. The predicted octanol–water partition coefficient (Wildman–Crippen LogP) is 1.75. The zero-order valence-corrected chi connectivity index (χ0v) is 10.8. The standard InChI is InChI=1S/C13H19NO4/c1-4-6-10(12(15)17-3)11(7-5-2)14-8-9-18-13(14)16/h4-5,7,10-11H,1,6,8-9H2,2-3H3/b7-5+/t10-,11+/m0/s1. The number of allylic oxidation sites excluding steroid dienone is 2. The molecule has 1 fully saturated rings. The minimum absolute atomic E-state index is 0.349. The highest BCUT2D eigenvalue weighted by Gasteiger charge is 2.36. The van der Waals surface area contributed by atoms with Gasteiger partial charge in [-0.15, -0.1) is 6.58 Å². The van der Waals surface area contributed by atoms with Crippen molar-refractivity contribution >= 4 is 12.1 Å². The number of hydrogen-bond donors (Lipinski definition) is 0. The summed E-state index contributed by atoms with van der Waals surface area (Å²) in [6, 6.07) is -0.351. The molecule has 0 spiro atoms. The molecule has 0 bridgehead atoms. The zero-order chi connectivity index (χ0) is 13.5. The van der Waals surface area contributed by atoms with Crippen LogP contribution in [0.25, 0.3) is 0 Å². The van der Waals surface area contributed by atoms with Crippen molar-refractivity contribution in [3.05, 3.63) is 24.8 Å². The van der Waals surface area contributed by atoms with Gasteiger partial charge < -0.3 is 9.47 Å². The summed E-state index contributed by atoms with van der Waals surface area (Å²) < 4.78 is 9.70. The third-order valence-corrected chi connectivity index (χ3v) is 2.88. The molecule has 1 saturated heterocycles. The Balaban J connectivity index is 2.95. The first-order valence-electron chi connectivity index (χ1n) is 5.90. The molecule has 0 unspecified atom stereocenters. The average Bonchev–Trinajstić information content (AvgIpc) is 2.79. The van der Waals surface area contributed by atoms with Gasteiger partial charge in [-0.3, -0.25) is 9.69 Å². The minimum Gasteiger partial charge on any atom is -0.469 e. The highest BCUT2D eigenvalue weighted by atomic mass is 16.6. The lowest BCUT2D eigenvalue weighted by Crippen LogP contribution is -2.43. The second-order valence-corrected chi connectivity index (χ2v) is 3.98. The Morgan fingerprint density at radius 1 is 1.67 bits per heavy atom. The van der Waals surface area contributed by atoms with Crippen molar-refractivity contribution in [3.63, 3.8) is 0 Å². The molecule has 0 aromatic carbocycles. The normalized spacial score (nSPS) is 18.6. The van der Waals surface area contributed by atoms with Crippen LogP contribution in [0, 0.1) is 5.92 Å². The van der Waals surface area contributed by atoms with Crippen molar-refractivity contribution in [2.45, 2.75) is 19.4 Å². The molecule has 0 aromatic heterocycles. The van der Waals surface area contributed by atoms with Gasteiger partial charge in [0.2, 0.25) is 0 Å². The van der Waals surface area contributed by atoms with E-state index in [4.69, 9.17) is 9.47 Å². The lowest BCUT2D eigenvalue weighted by Gasteiger charge is -2.28. The van der Waals surface area contributed by atoms with Crippen molar-refractivity contribution in [3.8, 4) is 0 Å². The highest BCUT2D eigenvalue weighted by molar-refractivity contribution is 5.76. The SMILES string of the molecule is C=CC[C@H](C(=O)OC)[C@@H](/C=C/C)N1CCOC1=O. The molecule has 2 atom stereocenters. The van der Waals surface area contributed by atoms with Gasteiger partial charge in [0.25, 0.3) is 0 Å². The maximum absolute atomic E-state index is 11.8. The number of carbonyl (C=O) groups excluding carboxylic acids is 2. The van der Waals surface area contributed by atoms with Crippen LogP contribution in [0.4, 0.5) is 4.79 Å². The van der Waals surface area contributed by atoms with Crippen LogP contribution in [0.15, 0.2) is 24.8 Å². The Labute approximate surface area is 107 Å². The number of esters is 1. The lowest BCUT2D eigenvalue weighted by molar-refractivity contribution is -0.146. The van der Waals surface area contributed by atoms with Gasteiger partial charge in [-0.05, 0) is 13.3 Å². The van der Waals surface area contributed by atoms with E-state index in [0.29, 0.717) is 19.6 Å². The van der Waals surface area contributed by atoms with Gasteiger partial charge in [-0.1, -0.05) is 18.2 Å². The molecule has 5 heteroatoms. The largest absolute Gasteiger partial charge is 0.469 e. The van der Waals surface area contributed by atoms with E-state index in [0.717, 1.165) is 0 Å². The summed E-state index contributed by atoms with van der Waals surface area (Å²) in [7, 11) is 1.34. The van der Waals surface area contributed by atoms with Crippen LogP contribution < -0.4 is 0 Å². The molecule has 1 heterocycles. The van der Waals surface area contributed by atoms with Crippen LogP contribution in [0.2, 0.25) is 0 Å². The first kappa shape index (κ1) is 14.3. The van der Waals surface area contributed by atoms with E-state index in [-0.39, 0.29) is 12.0 Å².